The van der Waals surface area contributed by atoms with E-state index >= 15 is 0 Å². The van der Waals surface area contributed by atoms with Gasteiger partial charge in [0.15, 0.2) is 5.13 Å². The number of benzene rings is 1. The van der Waals surface area contributed by atoms with Crippen LogP contribution in [0.3, 0.4) is 0 Å². The number of fused-ring (bicyclic) bond motifs is 2. The van der Waals surface area contributed by atoms with Crippen molar-refractivity contribution < 1.29 is 9.72 Å². The molecule has 0 aliphatic rings. The number of aryl methyl sites for hydroxylation is 1. The van der Waals surface area contributed by atoms with Gasteiger partial charge in [-0.25, -0.2) is 9.97 Å². The fraction of sp³-hybridized carbons (Fsp3) is 0.0909. The smallest absolute Gasteiger partial charge is 0.279 e. The van der Waals surface area contributed by atoms with Crippen LogP contribution in [0.25, 0.3) is 15.9 Å². The number of thiazole rings is 1. The number of amides is 1. The van der Waals surface area contributed by atoms with Crippen molar-refractivity contribution in [2.24, 2.45) is 0 Å². The van der Waals surface area contributed by atoms with Gasteiger partial charge in [-0.3, -0.25) is 29.2 Å². The highest BCUT2D eigenvalue weighted by atomic mass is 32.1. The lowest BCUT2D eigenvalue weighted by Crippen LogP contribution is -2.32. The molecule has 1 amide bonds. The van der Waals surface area contributed by atoms with Gasteiger partial charge in [-0.15, -0.1) is 0 Å². The van der Waals surface area contributed by atoms with Crippen LogP contribution >= 0.6 is 11.3 Å². The molecule has 0 fully saturated rings. The van der Waals surface area contributed by atoms with Gasteiger partial charge in [-0.1, -0.05) is 23.5 Å². The maximum Gasteiger partial charge on any atom is 0.279 e. The van der Waals surface area contributed by atoms with Gasteiger partial charge in [-0.05, 0) is 37.3 Å². The minimum absolute atomic E-state index is 0.0204. The number of carbonyl (C=O) groups excluding carboxylic acids is 1. The number of hydrogen-bond acceptors (Lipinski definition) is 7. The normalized spacial score (nSPS) is 11.2. The molecule has 0 radical (unpaired) electrons. The Morgan fingerprint density at radius 1 is 1.16 bits per heavy atom. The van der Waals surface area contributed by atoms with E-state index in [0.717, 1.165) is 0 Å². The van der Waals surface area contributed by atoms with E-state index in [2.05, 4.69) is 15.0 Å². The number of nitro groups is 1. The highest BCUT2D eigenvalue weighted by molar-refractivity contribution is 7.22. The average molecular weight is 444 g/mol. The highest BCUT2D eigenvalue weighted by Gasteiger charge is 2.27. The van der Waals surface area contributed by atoms with Crippen LogP contribution in [0.4, 0.5) is 10.8 Å². The summed E-state index contributed by atoms with van der Waals surface area (Å²) in [5.74, 6) is -0.277. The summed E-state index contributed by atoms with van der Waals surface area (Å²) in [4.78, 5) is 39.5. The van der Waals surface area contributed by atoms with E-state index in [1.165, 1.54) is 23.5 Å². The summed E-state index contributed by atoms with van der Waals surface area (Å²) in [5, 5.41) is 11.6. The Hall–Kier alpha value is -4.18. The second-order valence-corrected chi connectivity index (χ2v) is 8.10. The van der Waals surface area contributed by atoms with Crippen LogP contribution in [0.5, 0.6) is 0 Å². The molecule has 5 rings (SSSR count). The molecule has 0 saturated heterocycles. The summed E-state index contributed by atoms with van der Waals surface area (Å²) in [6, 6.07) is 15.5. The Morgan fingerprint density at radius 3 is 2.78 bits per heavy atom. The van der Waals surface area contributed by atoms with Gasteiger partial charge in [0.05, 0.1) is 33.1 Å². The predicted octanol–water partition coefficient (Wildman–Crippen LogP) is 4.40. The number of imidazole rings is 1. The minimum Gasteiger partial charge on any atom is -0.295 e. The third-order valence-electron chi connectivity index (χ3n) is 5.00. The van der Waals surface area contributed by atoms with E-state index in [1.807, 2.05) is 30.3 Å². The SMILES string of the molecule is Cc1nc2ccccn2c1C(=O)N(Cc1ccccn1)c1nc2ccc([N+](=O)[O-])cc2s1. The van der Waals surface area contributed by atoms with Crippen molar-refractivity contribution in [3.63, 3.8) is 0 Å². The van der Waals surface area contributed by atoms with Crippen molar-refractivity contribution in [3.8, 4) is 0 Å². The summed E-state index contributed by atoms with van der Waals surface area (Å²) in [7, 11) is 0. The Bertz CT molecular complexity index is 1480. The van der Waals surface area contributed by atoms with Crippen LogP contribution < -0.4 is 4.90 Å². The molecule has 0 saturated carbocycles. The summed E-state index contributed by atoms with van der Waals surface area (Å²) < 4.78 is 2.38. The fourth-order valence-electron chi connectivity index (χ4n) is 3.51. The van der Waals surface area contributed by atoms with Crippen molar-refractivity contribution in [1.82, 2.24) is 19.4 Å². The molecule has 0 aliphatic heterocycles. The second kappa shape index (κ2) is 7.82. The first-order valence-electron chi connectivity index (χ1n) is 9.72. The van der Waals surface area contributed by atoms with Gasteiger partial charge in [0.2, 0.25) is 0 Å². The lowest BCUT2D eigenvalue weighted by Gasteiger charge is -2.19. The molecular weight excluding hydrogens is 428 g/mol. The minimum atomic E-state index is -0.447. The molecule has 32 heavy (non-hydrogen) atoms. The molecule has 4 aromatic heterocycles. The Balaban J connectivity index is 1.64. The van der Waals surface area contributed by atoms with E-state index in [0.29, 0.717) is 38.1 Å². The molecule has 0 N–H and O–H groups in total. The molecule has 4 heterocycles. The summed E-state index contributed by atoms with van der Waals surface area (Å²) in [6.45, 7) is 1.99. The zero-order valence-corrected chi connectivity index (χ0v) is 17.7. The number of anilines is 1. The van der Waals surface area contributed by atoms with E-state index in [9.17, 15) is 14.9 Å². The molecule has 5 aromatic rings. The molecule has 158 valence electrons. The number of nitro benzene ring substituents is 1. The van der Waals surface area contributed by atoms with E-state index in [-0.39, 0.29) is 18.1 Å². The van der Waals surface area contributed by atoms with Gasteiger partial charge >= 0.3 is 0 Å². The maximum atomic E-state index is 13.8. The van der Waals surface area contributed by atoms with Crippen LogP contribution in [0, 0.1) is 17.0 Å². The van der Waals surface area contributed by atoms with Crippen LogP contribution in [0.15, 0.2) is 67.0 Å². The van der Waals surface area contributed by atoms with Crippen molar-refractivity contribution >= 4 is 43.9 Å². The number of rotatable bonds is 5. The van der Waals surface area contributed by atoms with Crippen LogP contribution in [0.1, 0.15) is 21.9 Å². The summed E-state index contributed by atoms with van der Waals surface area (Å²) in [6.07, 6.45) is 3.46. The number of non-ortho nitro benzene ring substituents is 1. The second-order valence-electron chi connectivity index (χ2n) is 7.09. The van der Waals surface area contributed by atoms with Gasteiger partial charge in [0.1, 0.15) is 11.3 Å². The van der Waals surface area contributed by atoms with E-state index < -0.39 is 4.92 Å². The van der Waals surface area contributed by atoms with Crippen LogP contribution in [0.2, 0.25) is 0 Å². The molecule has 0 spiro atoms. The first-order valence-corrected chi connectivity index (χ1v) is 10.5. The number of pyridine rings is 2. The Kier molecular flexibility index (Phi) is 4.83. The van der Waals surface area contributed by atoms with Crippen molar-refractivity contribution in [2.45, 2.75) is 13.5 Å². The number of aromatic nitrogens is 4. The third kappa shape index (κ3) is 3.46. The zero-order valence-electron chi connectivity index (χ0n) is 16.9. The summed E-state index contributed by atoms with van der Waals surface area (Å²) >= 11 is 1.23. The number of hydrogen-bond donors (Lipinski definition) is 0. The quantitative estimate of drug-likeness (QED) is 0.294. The Labute approximate surface area is 185 Å². The third-order valence-corrected chi connectivity index (χ3v) is 6.04. The molecule has 0 atom stereocenters. The fourth-order valence-corrected chi connectivity index (χ4v) is 4.51. The zero-order chi connectivity index (χ0) is 22.2. The standard InChI is InChI=1S/C22H16N6O3S/c1-14-20(26-11-5-3-7-19(26)24-14)21(29)27(13-15-6-2-4-10-23-15)22-25-17-9-8-16(28(30)31)12-18(17)32-22/h2-12H,13H2,1H3. The number of carbonyl (C=O) groups is 1. The van der Waals surface area contributed by atoms with Gasteiger partial charge in [0, 0.05) is 24.5 Å². The van der Waals surface area contributed by atoms with E-state index in [4.69, 9.17) is 0 Å². The topological polar surface area (TPSA) is 107 Å². The number of nitrogens with zero attached hydrogens (tertiary/aromatic N) is 6. The first-order chi connectivity index (χ1) is 15.5. The van der Waals surface area contributed by atoms with Gasteiger partial charge < -0.3 is 0 Å². The van der Waals surface area contributed by atoms with E-state index in [1.54, 1.807) is 40.8 Å². The van der Waals surface area contributed by atoms with Crippen molar-refractivity contribution in [1.29, 1.82) is 0 Å². The van der Waals surface area contributed by atoms with Crippen LogP contribution in [-0.4, -0.2) is 30.2 Å². The molecule has 1 aromatic carbocycles. The monoisotopic (exact) mass is 444 g/mol. The van der Waals surface area contributed by atoms with Crippen LogP contribution in [-0.2, 0) is 6.54 Å². The average Bonchev–Trinajstić information content (AvgIpc) is 3.37. The maximum absolute atomic E-state index is 13.8. The van der Waals surface area contributed by atoms with Gasteiger partial charge in [-0.2, -0.15) is 0 Å². The van der Waals surface area contributed by atoms with Gasteiger partial charge in [0.25, 0.3) is 11.6 Å². The Morgan fingerprint density at radius 2 is 2.00 bits per heavy atom. The summed E-state index contributed by atoms with van der Waals surface area (Å²) in [5.41, 5.74) is 2.96. The molecule has 0 aliphatic carbocycles. The van der Waals surface area contributed by atoms with Crippen molar-refractivity contribution in [3.05, 3.63) is 94.2 Å². The molecule has 0 unspecified atom stereocenters. The first kappa shape index (κ1) is 19.8. The van der Waals surface area contributed by atoms with Crippen molar-refractivity contribution in [2.75, 3.05) is 4.90 Å². The largest absolute Gasteiger partial charge is 0.295 e. The predicted molar refractivity (Wildman–Crippen MR) is 121 cm³/mol. The molecular formula is C22H16N6O3S. The highest BCUT2D eigenvalue weighted by Crippen LogP contribution is 2.33. The lowest BCUT2D eigenvalue weighted by molar-refractivity contribution is -0.384. The molecule has 0 bridgehead atoms. The lowest BCUT2D eigenvalue weighted by atomic mass is 10.2. The molecule has 10 heteroatoms. The molecule has 9 nitrogen and oxygen atoms in total.